The van der Waals surface area contributed by atoms with Gasteiger partial charge in [0.25, 0.3) is 0 Å². The van der Waals surface area contributed by atoms with E-state index in [0.29, 0.717) is 25.4 Å². The minimum Gasteiger partial charge on any atom is -0.480 e. The van der Waals surface area contributed by atoms with Gasteiger partial charge in [0.05, 0.1) is 0 Å². The van der Waals surface area contributed by atoms with Crippen molar-refractivity contribution in [2.75, 3.05) is 13.1 Å². The van der Waals surface area contributed by atoms with Gasteiger partial charge in [-0.2, -0.15) is 0 Å². The molecule has 5 nitrogen and oxygen atoms in total. The van der Waals surface area contributed by atoms with Gasteiger partial charge in [-0.1, -0.05) is 6.08 Å². The van der Waals surface area contributed by atoms with Gasteiger partial charge in [-0.25, -0.2) is 0 Å². The topological polar surface area (TPSA) is 83.6 Å². The number of carboxylic acids is 1. The number of carbonyl (C=O) groups is 2. The van der Waals surface area contributed by atoms with Crippen molar-refractivity contribution in [2.45, 2.75) is 32.2 Å². The molecule has 0 saturated carbocycles. The first-order valence-electron chi connectivity index (χ1n) is 5.94. The Kier molecular flexibility index (Phi) is 5.15. The molecule has 1 rings (SSSR count). The van der Waals surface area contributed by atoms with E-state index in [0.717, 1.165) is 12.8 Å². The third-order valence-electron chi connectivity index (χ3n) is 3.14. The maximum Gasteiger partial charge on any atom is 0.320 e. The minimum atomic E-state index is -0.947. The Labute approximate surface area is 101 Å². The average molecular weight is 240 g/mol. The van der Waals surface area contributed by atoms with Crippen LogP contribution in [-0.2, 0) is 9.59 Å². The van der Waals surface area contributed by atoms with Gasteiger partial charge in [0.15, 0.2) is 0 Å². The lowest BCUT2D eigenvalue weighted by Crippen LogP contribution is -2.40. The zero-order chi connectivity index (χ0) is 12.8. The molecule has 1 heterocycles. The number of nitrogens with zero attached hydrogens (tertiary/aromatic N) is 1. The largest absolute Gasteiger partial charge is 0.480 e. The zero-order valence-electron chi connectivity index (χ0n) is 10.1. The van der Waals surface area contributed by atoms with E-state index in [9.17, 15) is 9.59 Å². The standard InChI is InChI=1S/C12H20N2O3/c1-2-3-11(15)14-6-4-9(5-7-14)8-10(13)12(16)17/h2-3,9-10H,4-8,13H2,1H3,(H,16,17)/b3-2+. The molecule has 0 radical (unpaired) electrons. The number of nitrogens with two attached hydrogens (primary N) is 1. The number of carbonyl (C=O) groups excluding carboxylic acids is 1. The molecule has 96 valence electrons. The highest BCUT2D eigenvalue weighted by atomic mass is 16.4. The second kappa shape index (κ2) is 6.39. The highest BCUT2D eigenvalue weighted by molar-refractivity contribution is 5.87. The second-order valence-electron chi connectivity index (χ2n) is 4.45. The van der Waals surface area contributed by atoms with Gasteiger partial charge in [-0.3, -0.25) is 9.59 Å². The number of rotatable bonds is 4. The summed E-state index contributed by atoms with van der Waals surface area (Å²) >= 11 is 0. The lowest BCUT2D eigenvalue weighted by atomic mass is 9.90. The Bertz CT molecular complexity index is 307. The molecule has 1 aliphatic heterocycles. The quantitative estimate of drug-likeness (QED) is 0.705. The number of hydrogen-bond acceptors (Lipinski definition) is 3. The number of hydrogen-bond donors (Lipinski definition) is 2. The predicted octanol–water partition coefficient (Wildman–Crippen LogP) is 0.603. The van der Waals surface area contributed by atoms with Crippen molar-refractivity contribution in [1.29, 1.82) is 0 Å². The summed E-state index contributed by atoms with van der Waals surface area (Å²) in [6.07, 6.45) is 5.47. The Hall–Kier alpha value is -1.36. The Balaban J connectivity index is 2.35. The normalized spacial score (nSPS) is 19.5. The molecule has 1 amide bonds. The molecule has 0 spiro atoms. The van der Waals surface area contributed by atoms with Crippen LogP contribution in [-0.4, -0.2) is 41.0 Å². The first-order chi connectivity index (χ1) is 8.04. The molecule has 3 N–H and O–H groups in total. The number of amides is 1. The fraction of sp³-hybridized carbons (Fsp3) is 0.667. The lowest BCUT2D eigenvalue weighted by Gasteiger charge is -2.31. The van der Waals surface area contributed by atoms with Gasteiger partial charge in [-0.15, -0.1) is 0 Å². The first-order valence-corrected chi connectivity index (χ1v) is 5.94. The van der Waals surface area contributed by atoms with Gasteiger partial charge in [0.1, 0.15) is 6.04 Å². The van der Waals surface area contributed by atoms with Crippen molar-refractivity contribution < 1.29 is 14.7 Å². The van der Waals surface area contributed by atoms with Crippen LogP contribution >= 0.6 is 0 Å². The molecule has 0 bridgehead atoms. The molecule has 1 atom stereocenters. The Morgan fingerprint density at radius 1 is 1.47 bits per heavy atom. The third-order valence-corrected chi connectivity index (χ3v) is 3.14. The highest BCUT2D eigenvalue weighted by Gasteiger charge is 2.24. The predicted molar refractivity (Wildman–Crippen MR) is 64.3 cm³/mol. The summed E-state index contributed by atoms with van der Waals surface area (Å²) in [6, 6.07) is -0.780. The molecule has 0 aliphatic carbocycles. The SMILES string of the molecule is C/C=C/C(=O)N1CCC(CC(N)C(=O)O)CC1. The molecular weight excluding hydrogens is 220 g/mol. The van der Waals surface area contributed by atoms with E-state index in [1.807, 2.05) is 6.92 Å². The Morgan fingerprint density at radius 3 is 2.53 bits per heavy atom. The van der Waals surface area contributed by atoms with E-state index in [4.69, 9.17) is 10.8 Å². The molecule has 1 saturated heterocycles. The van der Waals surface area contributed by atoms with Crippen molar-refractivity contribution in [1.82, 2.24) is 4.90 Å². The van der Waals surface area contributed by atoms with Crippen LogP contribution in [0.5, 0.6) is 0 Å². The zero-order valence-corrected chi connectivity index (χ0v) is 10.1. The third kappa shape index (κ3) is 4.19. The van der Waals surface area contributed by atoms with E-state index in [-0.39, 0.29) is 5.91 Å². The van der Waals surface area contributed by atoms with Crippen molar-refractivity contribution in [2.24, 2.45) is 11.7 Å². The van der Waals surface area contributed by atoms with Crippen LogP contribution in [0.1, 0.15) is 26.2 Å². The molecule has 0 aromatic heterocycles. The molecule has 17 heavy (non-hydrogen) atoms. The van der Waals surface area contributed by atoms with Crippen molar-refractivity contribution in [3.05, 3.63) is 12.2 Å². The number of carboxylic acid groups (broad SMARTS) is 1. The van der Waals surface area contributed by atoms with Crippen molar-refractivity contribution in [3.8, 4) is 0 Å². The second-order valence-corrected chi connectivity index (χ2v) is 4.45. The van der Waals surface area contributed by atoms with E-state index in [1.165, 1.54) is 0 Å². The van der Waals surface area contributed by atoms with Gasteiger partial charge in [-0.05, 0) is 38.2 Å². The van der Waals surface area contributed by atoms with Crippen LogP contribution in [0, 0.1) is 5.92 Å². The van der Waals surface area contributed by atoms with Gasteiger partial charge in [0, 0.05) is 13.1 Å². The van der Waals surface area contributed by atoms with E-state index < -0.39 is 12.0 Å². The average Bonchev–Trinajstić information content (AvgIpc) is 2.30. The van der Waals surface area contributed by atoms with Crippen LogP contribution in [0.25, 0.3) is 0 Å². The van der Waals surface area contributed by atoms with E-state index in [1.54, 1.807) is 17.1 Å². The fourth-order valence-corrected chi connectivity index (χ4v) is 2.10. The molecular formula is C12H20N2O3. The van der Waals surface area contributed by atoms with Crippen LogP contribution < -0.4 is 5.73 Å². The van der Waals surface area contributed by atoms with Gasteiger partial charge < -0.3 is 15.7 Å². The van der Waals surface area contributed by atoms with Crippen LogP contribution in [0.15, 0.2) is 12.2 Å². The molecule has 1 fully saturated rings. The molecule has 1 unspecified atom stereocenters. The summed E-state index contributed by atoms with van der Waals surface area (Å²) in [7, 11) is 0. The van der Waals surface area contributed by atoms with Gasteiger partial charge >= 0.3 is 5.97 Å². The van der Waals surface area contributed by atoms with Crippen LogP contribution in [0.2, 0.25) is 0 Å². The lowest BCUT2D eigenvalue weighted by molar-refractivity contribution is -0.139. The number of allylic oxidation sites excluding steroid dienone is 1. The van der Waals surface area contributed by atoms with Crippen molar-refractivity contribution >= 4 is 11.9 Å². The molecule has 5 heteroatoms. The summed E-state index contributed by atoms with van der Waals surface area (Å²) in [6.45, 7) is 3.21. The summed E-state index contributed by atoms with van der Waals surface area (Å²) in [5.41, 5.74) is 5.50. The summed E-state index contributed by atoms with van der Waals surface area (Å²) in [5.74, 6) is -0.596. The number of aliphatic carboxylic acids is 1. The molecule has 0 aromatic rings. The maximum absolute atomic E-state index is 11.6. The van der Waals surface area contributed by atoms with E-state index in [2.05, 4.69) is 0 Å². The fourth-order valence-electron chi connectivity index (χ4n) is 2.10. The first kappa shape index (κ1) is 13.7. The monoisotopic (exact) mass is 240 g/mol. The minimum absolute atomic E-state index is 0.0356. The summed E-state index contributed by atoms with van der Waals surface area (Å²) in [4.78, 5) is 24.0. The van der Waals surface area contributed by atoms with Gasteiger partial charge in [0.2, 0.25) is 5.91 Å². The number of likely N-dealkylation sites (tertiary alicyclic amines) is 1. The van der Waals surface area contributed by atoms with Crippen LogP contribution in [0.3, 0.4) is 0 Å². The molecule has 1 aliphatic rings. The maximum atomic E-state index is 11.6. The highest BCUT2D eigenvalue weighted by Crippen LogP contribution is 2.21. The van der Waals surface area contributed by atoms with E-state index >= 15 is 0 Å². The van der Waals surface area contributed by atoms with Crippen molar-refractivity contribution in [3.63, 3.8) is 0 Å². The number of piperidine rings is 1. The molecule has 0 aromatic carbocycles. The van der Waals surface area contributed by atoms with Crippen LogP contribution in [0.4, 0.5) is 0 Å². The Morgan fingerprint density at radius 2 is 2.06 bits per heavy atom. The summed E-state index contributed by atoms with van der Waals surface area (Å²) < 4.78 is 0. The smallest absolute Gasteiger partial charge is 0.320 e. The summed E-state index contributed by atoms with van der Waals surface area (Å²) in [5, 5.41) is 8.72.